The minimum atomic E-state index is -0.930. The van der Waals surface area contributed by atoms with E-state index >= 15 is 0 Å². The smallest absolute Gasteiger partial charge is 0.337 e. The zero-order valence-electron chi connectivity index (χ0n) is 19.0. The number of carbonyl (C=O) groups excluding carboxylic acids is 4. The number of nitrogens with one attached hydrogen (secondary N) is 2. The Morgan fingerprint density at radius 2 is 1.74 bits per heavy atom. The zero-order valence-corrected chi connectivity index (χ0v) is 19.8. The van der Waals surface area contributed by atoms with Gasteiger partial charge in [-0.1, -0.05) is 18.2 Å². The Bertz CT molecular complexity index is 1080. The summed E-state index contributed by atoms with van der Waals surface area (Å²) in [6, 6.07) is 14.0. The SMILES string of the molecule is COC(=O)c1ccc(C(=O)NC(=S)N2CCNC(=O)C2CC(=O)OCCOc2ccccc2)cc1. The van der Waals surface area contributed by atoms with Gasteiger partial charge in [-0.2, -0.15) is 0 Å². The average molecular weight is 500 g/mol. The predicted octanol–water partition coefficient (Wildman–Crippen LogP) is 1.30. The maximum atomic E-state index is 12.6. The molecule has 184 valence electrons. The molecule has 1 heterocycles. The Balaban J connectivity index is 1.53. The molecule has 11 heteroatoms. The highest BCUT2D eigenvalue weighted by Gasteiger charge is 2.34. The Morgan fingerprint density at radius 1 is 1.06 bits per heavy atom. The number of hydrogen-bond donors (Lipinski definition) is 2. The van der Waals surface area contributed by atoms with E-state index in [1.165, 1.54) is 36.3 Å². The van der Waals surface area contributed by atoms with Gasteiger partial charge in [0.25, 0.3) is 5.91 Å². The lowest BCUT2D eigenvalue weighted by molar-refractivity contribution is -0.148. The van der Waals surface area contributed by atoms with E-state index in [4.69, 9.17) is 21.7 Å². The number of ether oxygens (including phenoxy) is 3. The summed E-state index contributed by atoms with van der Waals surface area (Å²) in [4.78, 5) is 50.4. The van der Waals surface area contributed by atoms with E-state index in [0.717, 1.165) is 0 Å². The van der Waals surface area contributed by atoms with Crippen molar-refractivity contribution in [1.29, 1.82) is 0 Å². The van der Waals surface area contributed by atoms with Gasteiger partial charge in [0.05, 0.1) is 19.1 Å². The van der Waals surface area contributed by atoms with E-state index in [-0.39, 0.29) is 30.3 Å². The van der Waals surface area contributed by atoms with Crippen LogP contribution in [0.15, 0.2) is 54.6 Å². The molecule has 1 unspecified atom stereocenters. The average Bonchev–Trinajstić information content (AvgIpc) is 2.88. The fraction of sp³-hybridized carbons (Fsp3) is 0.292. The first-order chi connectivity index (χ1) is 16.9. The highest BCUT2D eigenvalue weighted by atomic mass is 32.1. The van der Waals surface area contributed by atoms with Gasteiger partial charge in [0.2, 0.25) is 5.91 Å². The van der Waals surface area contributed by atoms with Crippen molar-refractivity contribution in [1.82, 2.24) is 15.5 Å². The fourth-order valence-corrected chi connectivity index (χ4v) is 3.64. The third kappa shape index (κ3) is 7.24. The van der Waals surface area contributed by atoms with Crippen LogP contribution in [0.1, 0.15) is 27.1 Å². The van der Waals surface area contributed by atoms with Crippen molar-refractivity contribution in [3.05, 3.63) is 65.7 Å². The number of methoxy groups -OCH3 is 1. The first-order valence-corrected chi connectivity index (χ1v) is 11.2. The molecule has 2 N–H and O–H groups in total. The molecule has 0 spiro atoms. The number of nitrogens with zero attached hydrogens (tertiary/aromatic N) is 1. The highest BCUT2D eigenvalue weighted by molar-refractivity contribution is 7.80. The Morgan fingerprint density at radius 3 is 2.43 bits per heavy atom. The molecule has 0 bridgehead atoms. The van der Waals surface area contributed by atoms with Crippen LogP contribution in [0.25, 0.3) is 0 Å². The molecular weight excluding hydrogens is 474 g/mol. The largest absolute Gasteiger partial charge is 0.490 e. The molecule has 2 aromatic carbocycles. The van der Waals surface area contributed by atoms with Crippen LogP contribution in [0.5, 0.6) is 5.75 Å². The number of hydrogen-bond acceptors (Lipinski definition) is 8. The number of rotatable bonds is 8. The van der Waals surface area contributed by atoms with E-state index in [1.54, 1.807) is 12.1 Å². The molecule has 0 radical (unpaired) electrons. The Labute approximate surface area is 207 Å². The van der Waals surface area contributed by atoms with E-state index < -0.39 is 29.8 Å². The zero-order chi connectivity index (χ0) is 25.2. The van der Waals surface area contributed by atoms with Crippen LogP contribution in [0.3, 0.4) is 0 Å². The topological polar surface area (TPSA) is 123 Å². The summed E-state index contributed by atoms with van der Waals surface area (Å²) in [5, 5.41) is 5.27. The Hall–Kier alpha value is -3.99. The normalized spacial score (nSPS) is 14.9. The van der Waals surface area contributed by atoms with Crippen molar-refractivity contribution in [3.8, 4) is 5.75 Å². The number of para-hydroxylation sites is 1. The number of amides is 2. The molecule has 0 aliphatic carbocycles. The van der Waals surface area contributed by atoms with Gasteiger partial charge >= 0.3 is 11.9 Å². The third-order valence-corrected chi connectivity index (χ3v) is 5.44. The maximum absolute atomic E-state index is 12.6. The van der Waals surface area contributed by atoms with Crippen LogP contribution in [0, 0.1) is 0 Å². The van der Waals surface area contributed by atoms with Crippen LogP contribution in [0.2, 0.25) is 0 Å². The van der Waals surface area contributed by atoms with E-state index in [9.17, 15) is 19.2 Å². The minimum absolute atomic E-state index is 0.00658. The lowest BCUT2D eigenvalue weighted by atomic mass is 10.1. The summed E-state index contributed by atoms with van der Waals surface area (Å²) in [5.41, 5.74) is 0.558. The molecule has 10 nitrogen and oxygen atoms in total. The molecule has 1 saturated heterocycles. The van der Waals surface area contributed by atoms with Crippen molar-refractivity contribution < 1.29 is 33.4 Å². The van der Waals surface area contributed by atoms with Gasteiger partial charge in [-0.05, 0) is 48.6 Å². The van der Waals surface area contributed by atoms with Crippen LogP contribution in [0.4, 0.5) is 0 Å². The third-order valence-electron chi connectivity index (χ3n) is 5.10. The highest BCUT2D eigenvalue weighted by Crippen LogP contribution is 2.12. The molecule has 1 aliphatic heterocycles. The summed E-state index contributed by atoms with van der Waals surface area (Å²) in [5.74, 6) is -1.37. The quantitative estimate of drug-likeness (QED) is 0.314. The van der Waals surface area contributed by atoms with Crippen molar-refractivity contribution in [3.63, 3.8) is 0 Å². The number of esters is 2. The molecule has 0 saturated carbocycles. The summed E-state index contributed by atoms with van der Waals surface area (Å²) in [7, 11) is 1.26. The molecule has 1 atom stereocenters. The van der Waals surface area contributed by atoms with Gasteiger partial charge < -0.3 is 24.4 Å². The molecule has 3 rings (SSSR count). The van der Waals surface area contributed by atoms with E-state index in [0.29, 0.717) is 24.4 Å². The monoisotopic (exact) mass is 499 g/mol. The number of carbonyl (C=O) groups is 4. The van der Waals surface area contributed by atoms with Gasteiger partial charge in [-0.3, -0.25) is 19.7 Å². The molecule has 2 aromatic rings. The van der Waals surface area contributed by atoms with Gasteiger partial charge in [0.15, 0.2) is 5.11 Å². The summed E-state index contributed by atoms with van der Waals surface area (Å²) in [6.45, 7) is 0.796. The second-order valence-corrected chi connectivity index (χ2v) is 7.80. The van der Waals surface area contributed by atoms with Crippen LogP contribution in [-0.4, -0.2) is 73.2 Å². The van der Waals surface area contributed by atoms with Crippen molar-refractivity contribution >= 4 is 41.1 Å². The number of thiocarbonyl (C=S) groups is 1. The maximum Gasteiger partial charge on any atom is 0.337 e. The summed E-state index contributed by atoms with van der Waals surface area (Å²) in [6.07, 6.45) is -0.249. The van der Waals surface area contributed by atoms with Crippen LogP contribution < -0.4 is 15.4 Å². The number of benzene rings is 2. The molecule has 35 heavy (non-hydrogen) atoms. The van der Waals surface area contributed by atoms with Gasteiger partial charge in [0, 0.05) is 18.7 Å². The first kappa shape index (κ1) is 25.6. The molecule has 1 aliphatic rings. The number of piperazine rings is 1. The van der Waals surface area contributed by atoms with E-state index in [2.05, 4.69) is 15.4 Å². The van der Waals surface area contributed by atoms with Gasteiger partial charge in [-0.25, -0.2) is 4.79 Å². The van der Waals surface area contributed by atoms with Crippen molar-refractivity contribution in [2.45, 2.75) is 12.5 Å². The lowest BCUT2D eigenvalue weighted by Crippen LogP contribution is -2.60. The molecule has 2 amide bonds. The lowest BCUT2D eigenvalue weighted by Gasteiger charge is -2.36. The molecule has 0 aromatic heterocycles. The van der Waals surface area contributed by atoms with Crippen LogP contribution in [-0.2, 0) is 19.1 Å². The molecule has 1 fully saturated rings. The van der Waals surface area contributed by atoms with E-state index in [1.807, 2.05) is 18.2 Å². The second-order valence-electron chi connectivity index (χ2n) is 7.41. The summed E-state index contributed by atoms with van der Waals surface area (Å²) >= 11 is 5.35. The predicted molar refractivity (Wildman–Crippen MR) is 129 cm³/mol. The minimum Gasteiger partial charge on any atom is -0.490 e. The summed E-state index contributed by atoms with van der Waals surface area (Å²) < 4.78 is 15.3. The first-order valence-electron chi connectivity index (χ1n) is 10.8. The molecular formula is C24H25N3O7S. The van der Waals surface area contributed by atoms with Crippen molar-refractivity contribution in [2.24, 2.45) is 0 Å². The second kappa shape index (κ2) is 12.5. The fourth-order valence-electron chi connectivity index (χ4n) is 3.33. The Kier molecular flexibility index (Phi) is 9.13. The van der Waals surface area contributed by atoms with Gasteiger partial charge in [0.1, 0.15) is 25.0 Å². The van der Waals surface area contributed by atoms with Gasteiger partial charge in [-0.15, -0.1) is 0 Å². The standard InChI is InChI=1S/C24H25N3O7S/c1-32-23(31)17-9-7-16(8-10-17)21(29)26-24(35)27-12-11-25-22(30)19(27)15-20(28)34-14-13-33-18-5-3-2-4-6-18/h2-10,19H,11-15H2,1H3,(H,25,30)(H,26,29,35). The van der Waals surface area contributed by atoms with Crippen LogP contribution >= 0.6 is 12.2 Å². The van der Waals surface area contributed by atoms with Crippen molar-refractivity contribution in [2.75, 3.05) is 33.4 Å².